The molecule has 21 heavy (non-hydrogen) atoms. The number of hydrogen-bond acceptors (Lipinski definition) is 5. The third-order valence-electron chi connectivity index (χ3n) is 2.65. The van der Waals surface area contributed by atoms with Crippen LogP contribution in [-0.4, -0.2) is 29.5 Å². The topological polar surface area (TPSA) is 76.1 Å². The molecular formula is C14H15BrN4O2. The van der Waals surface area contributed by atoms with Crippen molar-refractivity contribution in [2.75, 3.05) is 24.3 Å². The molecule has 0 radical (unpaired) electrons. The summed E-state index contributed by atoms with van der Waals surface area (Å²) < 4.78 is 5.90. The van der Waals surface area contributed by atoms with Crippen LogP contribution in [0.1, 0.15) is 17.4 Å². The van der Waals surface area contributed by atoms with Crippen molar-refractivity contribution in [1.29, 1.82) is 0 Å². The highest BCUT2D eigenvalue weighted by Crippen LogP contribution is 2.27. The highest BCUT2D eigenvalue weighted by Gasteiger charge is 2.09. The van der Waals surface area contributed by atoms with Gasteiger partial charge in [0.25, 0.3) is 5.91 Å². The molecule has 0 saturated carbocycles. The molecule has 1 amide bonds. The predicted molar refractivity (Wildman–Crippen MR) is 84.8 cm³/mol. The Bertz CT molecular complexity index is 631. The Morgan fingerprint density at radius 3 is 2.71 bits per heavy atom. The highest BCUT2D eigenvalue weighted by atomic mass is 79.9. The van der Waals surface area contributed by atoms with E-state index in [1.807, 2.05) is 6.92 Å². The van der Waals surface area contributed by atoms with Gasteiger partial charge in [-0.05, 0) is 41.1 Å². The number of halogens is 1. The summed E-state index contributed by atoms with van der Waals surface area (Å²) in [7, 11) is 1.58. The fourth-order valence-corrected chi connectivity index (χ4v) is 2.20. The molecule has 0 aliphatic heterocycles. The molecule has 6 nitrogen and oxygen atoms in total. The van der Waals surface area contributed by atoms with Crippen LogP contribution in [0.3, 0.4) is 0 Å². The lowest BCUT2D eigenvalue weighted by atomic mass is 10.3. The molecule has 0 saturated heterocycles. The van der Waals surface area contributed by atoms with Gasteiger partial charge < -0.3 is 15.4 Å². The lowest BCUT2D eigenvalue weighted by molar-refractivity contribution is 0.102. The first kappa shape index (κ1) is 15.2. The summed E-state index contributed by atoms with van der Waals surface area (Å²) in [6.45, 7) is 2.71. The predicted octanol–water partition coefficient (Wildman–Crippen LogP) is 2.93. The van der Waals surface area contributed by atoms with E-state index in [9.17, 15) is 4.79 Å². The van der Waals surface area contributed by atoms with Crippen molar-refractivity contribution >= 4 is 33.3 Å². The summed E-state index contributed by atoms with van der Waals surface area (Å²) in [6.07, 6.45) is 2.97. The number of amides is 1. The van der Waals surface area contributed by atoms with Gasteiger partial charge in [-0.2, -0.15) is 0 Å². The first-order chi connectivity index (χ1) is 10.1. The van der Waals surface area contributed by atoms with Gasteiger partial charge in [-0.25, -0.2) is 9.97 Å². The molecule has 7 heteroatoms. The van der Waals surface area contributed by atoms with Crippen molar-refractivity contribution < 1.29 is 9.53 Å². The lowest BCUT2D eigenvalue weighted by Gasteiger charge is -2.08. The van der Waals surface area contributed by atoms with Crippen molar-refractivity contribution in [2.45, 2.75) is 6.92 Å². The average molecular weight is 351 g/mol. The fourth-order valence-electron chi connectivity index (χ4n) is 1.66. The molecule has 0 bridgehead atoms. The first-order valence-corrected chi connectivity index (χ1v) is 7.14. The average Bonchev–Trinajstić information content (AvgIpc) is 2.48. The molecule has 1 aromatic carbocycles. The molecule has 2 N–H and O–H groups in total. The van der Waals surface area contributed by atoms with E-state index in [1.165, 1.54) is 12.4 Å². The van der Waals surface area contributed by atoms with Gasteiger partial charge in [-0.3, -0.25) is 4.79 Å². The van der Waals surface area contributed by atoms with Crippen LogP contribution in [0.2, 0.25) is 0 Å². The zero-order valence-corrected chi connectivity index (χ0v) is 13.3. The number of nitrogens with one attached hydrogen (secondary N) is 2. The van der Waals surface area contributed by atoms with Gasteiger partial charge in [0, 0.05) is 12.2 Å². The third kappa shape index (κ3) is 3.91. The second-order valence-corrected chi connectivity index (χ2v) is 4.97. The summed E-state index contributed by atoms with van der Waals surface area (Å²) in [5.74, 6) is 1.02. The molecule has 1 aromatic heterocycles. The Balaban J connectivity index is 2.08. The normalized spacial score (nSPS) is 10.0. The summed E-state index contributed by atoms with van der Waals surface area (Å²) >= 11 is 3.37. The van der Waals surface area contributed by atoms with E-state index in [0.29, 0.717) is 17.3 Å². The first-order valence-electron chi connectivity index (χ1n) is 6.35. The molecule has 0 aliphatic carbocycles. The number of methoxy groups -OCH3 is 1. The number of nitrogens with zero attached hydrogens (tertiary/aromatic N) is 2. The van der Waals surface area contributed by atoms with Crippen LogP contribution in [0.4, 0.5) is 11.5 Å². The zero-order valence-electron chi connectivity index (χ0n) is 11.7. The smallest absolute Gasteiger partial charge is 0.275 e. The minimum absolute atomic E-state index is 0.253. The number of carbonyl (C=O) groups is 1. The van der Waals surface area contributed by atoms with E-state index in [2.05, 4.69) is 36.5 Å². The zero-order chi connectivity index (χ0) is 15.2. The molecule has 0 fully saturated rings. The standard InChI is InChI=1S/C14H15BrN4O2/c1-3-16-13-8-17-11(7-18-13)14(20)19-9-4-5-12(21-2)10(15)6-9/h4-8H,3H2,1-2H3,(H,16,18)(H,19,20). The maximum Gasteiger partial charge on any atom is 0.275 e. The van der Waals surface area contributed by atoms with Crippen molar-refractivity contribution in [1.82, 2.24) is 9.97 Å². The quantitative estimate of drug-likeness (QED) is 0.866. The molecular weight excluding hydrogens is 336 g/mol. The van der Waals surface area contributed by atoms with Crippen LogP contribution >= 0.6 is 15.9 Å². The third-order valence-corrected chi connectivity index (χ3v) is 3.27. The van der Waals surface area contributed by atoms with E-state index in [4.69, 9.17) is 4.74 Å². The summed E-state index contributed by atoms with van der Waals surface area (Å²) in [5.41, 5.74) is 0.897. The second-order valence-electron chi connectivity index (χ2n) is 4.12. The largest absolute Gasteiger partial charge is 0.496 e. The van der Waals surface area contributed by atoms with Gasteiger partial charge in [-0.1, -0.05) is 0 Å². The Labute approximate surface area is 131 Å². The number of rotatable bonds is 5. The van der Waals surface area contributed by atoms with Crippen LogP contribution in [0.5, 0.6) is 5.75 Å². The number of carbonyl (C=O) groups excluding carboxylic acids is 1. The maximum absolute atomic E-state index is 12.1. The Morgan fingerprint density at radius 2 is 2.14 bits per heavy atom. The highest BCUT2D eigenvalue weighted by molar-refractivity contribution is 9.10. The van der Waals surface area contributed by atoms with Gasteiger partial charge >= 0.3 is 0 Å². The number of ether oxygens (including phenoxy) is 1. The van der Waals surface area contributed by atoms with Crippen LogP contribution in [0.25, 0.3) is 0 Å². The van der Waals surface area contributed by atoms with E-state index in [-0.39, 0.29) is 11.6 Å². The van der Waals surface area contributed by atoms with Crippen molar-refractivity contribution in [3.05, 3.63) is 40.8 Å². The van der Waals surface area contributed by atoms with Crippen LogP contribution in [-0.2, 0) is 0 Å². The molecule has 2 rings (SSSR count). The van der Waals surface area contributed by atoms with Gasteiger partial charge in [0.1, 0.15) is 17.3 Å². The van der Waals surface area contributed by atoms with Crippen molar-refractivity contribution in [3.63, 3.8) is 0 Å². The van der Waals surface area contributed by atoms with Crippen LogP contribution < -0.4 is 15.4 Å². The summed E-state index contributed by atoms with van der Waals surface area (Å²) in [5, 5.41) is 5.77. The summed E-state index contributed by atoms with van der Waals surface area (Å²) in [4.78, 5) is 20.3. The molecule has 0 aliphatic rings. The van der Waals surface area contributed by atoms with E-state index >= 15 is 0 Å². The van der Waals surface area contributed by atoms with Gasteiger partial charge in [0.2, 0.25) is 0 Å². The van der Waals surface area contributed by atoms with Crippen LogP contribution in [0, 0.1) is 0 Å². The number of hydrogen-bond donors (Lipinski definition) is 2. The van der Waals surface area contributed by atoms with E-state index in [0.717, 1.165) is 11.0 Å². The van der Waals surface area contributed by atoms with Crippen molar-refractivity contribution in [2.24, 2.45) is 0 Å². The molecule has 0 atom stereocenters. The van der Waals surface area contributed by atoms with Gasteiger partial charge in [0.15, 0.2) is 0 Å². The molecule has 0 spiro atoms. The van der Waals surface area contributed by atoms with E-state index < -0.39 is 0 Å². The molecule has 110 valence electrons. The number of benzene rings is 1. The van der Waals surface area contributed by atoms with E-state index in [1.54, 1.807) is 25.3 Å². The SMILES string of the molecule is CCNc1cnc(C(=O)Nc2ccc(OC)c(Br)c2)cn1. The molecule has 1 heterocycles. The van der Waals surface area contributed by atoms with Gasteiger partial charge in [-0.15, -0.1) is 0 Å². The monoisotopic (exact) mass is 350 g/mol. The second kappa shape index (κ2) is 7.03. The summed E-state index contributed by atoms with van der Waals surface area (Å²) in [6, 6.07) is 5.28. The Hall–Kier alpha value is -2.15. The minimum atomic E-state index is -0.317. The molecule has 2 aromatic rings. The maximum atomic E-state index is 12.1. The lowest BCUT2D eigenvalue weighted by Crippen LogP contribution is -2.14. The Kier molecular flexibility index (Phi) is 5.10. The fraction of sp³-hybridized carbons (Fsp3) is 0.214. The van der Waals surface area contributed by atoms with Gasteiger partial charge in [0.05, 0.1) is 24.0 Å². The number of aromatic nitrogens is 2. The minimum Gasteiger partial charge on any atom is -0.496 e. The van der Waals surface area contributed by atoms with Crippen LogP contribution in [0.15, 0.2) is 35.1 Å². The van der Waals surface area contributed by atoms with Crippen molar-refractivity contribution in [3.8, 4) is 5.75 Å². The number of anilines is 2. The molecule has 0 unspecified atom stereocenters. The Morgan fingerprint density at radius 1 is 1.33 bits per heavy atom.